The second kappa shape index (κ2) is 5.58. The summed E-state index contributed by atoms with van der Waals surface area (Å²) >= 11 is 0. The number of fused-ring (bicyclic) bond motifs is 2. The Morgan fingerprint density at radius 3 is 2.75 bits per heavy atom. The van der Waals surface area contributed by atoms with Crippen molar-refractivity contribution in [2.75, 3.05) is 0 Å². The molecule has 0 aliphatic heterocycles. The highest BCUT2D eigenvalue weighted by Gasteiger charge is 2.51. The van der Waals surface area contributed by atoms with E-state index in [0.717, 1.165) is 32.1 Å². The molecule has 2 N–H and O–H groups in total. The highest BCUT2D eigenvalue weighted by Crippen LogP contribution is 2.48. The maximum Gasteiger partial charge on any atom is 0.308 e. The third-order valence-electron chi connectivity index (χ3n) is 5.30. The summed E-state index contributed by atoms with van der Waals surface area (Å²) in [6.45, 7) is 0. The number of nitrogens with one attached hydrogen (secondary N) is 1. The molecular weight excluding hydrogens is 254 g/mol. The molecule has 20 heavy (non-hydrogen) atoms. The molecule has 0 aromatic carbocycles. The van der Waals surface area contributed by atoms with Gasteiger partial charge in [0, 0.05) is 12.5 Å². The highest BCUT2D eigenvalue weighted by molar-refractivity contribution is 5.80. The van der Waals surface area contributed by atoms with Crippen LogP contribution < -0.4 is 5.32 Å². The lowest BCUT2D eigenvalue weighted by Crippen LogP contribution is -2.46. The van der Waals surface area contributed by atoms with Crippen LogP contribution in [0, 0.1) is 17.8 Å². The van der Waals surface area contributed by atoms with Crippen LogP contribution in [0.5, 0.6) is 0 Å². The summed E-state index contributed by atoms with van der Waals surface area (Å²) in [7, 11) is 0. The lowest BCUT2D eigenvalue weighted by Gasteiger charge is -2.29. The second-order valence-electron chi connectivity index (χ2n) is 6.58. The molecule has 3 aliphatic rings. The van der Waals surface area contributed by atoms with Crippen molar-refractivity contribution in [2.45, 2.75) is 57.4 Å². The zero-order valence-electron chi connectivity index (χ0n) is 11.8. The first-order chi connectivity index (χ1) is 9.65. The Balaban J connectivity index is 1.60. The Labute approximate surface area is 119 Å². The van der Waals surface area contributed by atoms with Crippen molar-refractivity contribution in [2.24, 2.45) is 17.8 Å². The number of hydrogen-bond acceptors (Lipinski definition) is 2. The summed E-state index contributed by atoms with van der Waals surface area (Å²) in [4.78, 5) is 23.6. The van der Waals surface area contributed by atoms with E-state index in [1.165, 1.54) is 18.4 Å². The highest BCUT2D eigenvalue weighted by atomic mass is 16.4. The molecule has 0 radical (unpaired) electrons. The van der Waals surface area contributed by atoms with Crippen LogP contribution in [0.15, 0.2) is 11.6 Å². The van der Waals surface area contributed by atoms with Crippen molar-refractivity contribution in [1.82, 2.24) is 5.32 Å². The van der Waals surface area contributed by atoms with Gasteiger partial charge in [-0.3, -0.25) is 9.59 Å². The van der Waals surface area contributed by atoms with Crippen molar-refractivity contribution < 1.29 is 14.7 Å². The van der Waals surface area contributed by atoms with E-state index in [9.17, 15) is 14.7 Å². The molecule has 4 unspecified atom stereocenters. The molecule has 0 spiro atoms. The van der Waals surface area contributed by atoms with Gasteiger partial charge in [0.05, 0.1) is 5.92 Å². The molecule has 0 saturated heterocycles. The lowest BCUT2D eigenvalue weighted by atomic mass is 9.84. The Kier molecular flexibility index (Phi) is 3.81. The fourth-order valence-electron chi connectivity index (χ4n) is 4.36. The van der Waals surface area contributed by atoms with Crippen LogP contribution in [0.3, 0.4) is 0 Å². The van der Waals surface area contributed by atoms with Gasteiger partial charge in [0.15, 0.2) is 0 Å². The first-order valence-corrected chi connectivity index (χ1v) is 7.85. The average molecular weight is 277 g/mol. The van der Waals surface area contributed by atoms with Gasteiger partial charge in [-0.25, -0.2) is 0 Å². The predicted molar refractivity (Wildman–Crippen MR) is 75.1 cm³/mol. The topological polar surface area (TPSA) is 66.4 Å². The molecule has 3 aliphatic carbocycles. The van der Waals surface area contributed by atoms with E-state index in [-0.39, 0.29) is 23.8 Å². The Morgan fingerprint density at radius 1 is 1.25 bits per heavy atom. The van der Waals surface area contributed by atoms with E-state index < -0.39 is 5.97 Å². The van der Waals surface area contributed by atoms with E-state index in [1.54, 1.807) is 0 Å². The summed E-state index contributed by atoms with van der Waals surface area (Å²) in [5, 5.41) is 12.4. The van der Waals surface area contributed by atoms with Gasteiger partial charge in [0.2, 0.25) is 5.91 Å². The van der Waals surface area contributed by atoms with Gasteiger partial charge < -0.3 is 10.4 Å². The fraction of sp³-hybridized carbons (Fsp3) is 0.750. The molecule has 2 saturated carbocycles. The van der Waals surface area contributed by atoms with Gasteiger partial charge in [-0.2, -0.15) is 0 Å². The molecule has 0 aromatic rings. The summed E-state index contributed by atoms with van der Waals surface area (Å²) in [5.41, 5.74) is 1.23. The van der Waals surface area contributed by atoms with Crippen molar-refractivity contribution in [3.8, 4) is 0 Å². The molecule has 1 amide bonds. The standard InChI is InChI=1S/C16H23NO3/c18-13(8-10-4-2-1-3-5-10)17-15-12-7-6-11(9-12)14(15)16(19)20/h4,11-12,14-15H,1-3,5-9H2,(H,17,18)(H,19,20). The minimum absolute atomic E-state index is 0.0157. The van der Waals surface area contributed by atoms with Gasteiger partial charge in [-0.15, -0.1) is 0 Å². The molecule has 0 aromatic heterocycles. The van der Waals surface area contributed by atoms with Crippen LogP contribution in [-0.2, 0) is 9.59 Å². The third kappa shape index (κ3) is 2.60. The summed E-state index contributed by atoms with van der Waals surface area (Å²) in [6.07, 6.45) is 10.2. The second-order valence-corrected chi connectivity index (χ2v) is 6.58. The Morgan fingerprint density at radius 2 is 2.05 bits per heavy atom. The van der Waals surface area contributed by atoms with Crippen LogP contribution in [0.25, 0.3) is 0 Å². The molecule has 4 atom stereocenters. The van der Waals surface area contributed by atoms with E-state index in [1.807, 2.05) is 0 Å². The molecule has 2 bridgehead atoms. The molecule has 4 heteroatoms. The van der Waals surface area contributed by atoms with Gasteiger partial charge in [-0.05, 0) is 56.8 Å². The average Bonchev–Trinajstić information content (AvgIpc) is 3.00. The number of carbonyl (C=O) groups excluding carboxylic acids is 1. The smallest absolute Gasteiger partial charge is 0.308 e. The minimum Gasteiger partial charge on any atom is -0.481 e. The summed E-state index contributed by atoms with van der Waals surface area (Å²) in [6, 6.07) is -0.136. The minimum atomic E-state index is -0.737. The zero-order chi connectivity index (χ0) is 14.1. The van der Waals surface area contributed by atoms with Crippen molar-refractivity contribution in [3.63, 3.8) is 0 Å². The Bertz CT molecular complexity index is 443. The van der Waals surface area contributed by atoms with Crippen molar-refractivity contribution in [1.29, 1.82) is 0 Å². The first kappa shape index (κ1) is 13.7. The van der Waals surface area contributed by atoms with E-state index >= 15 is 0 Å². The molecule has 0 heterocycles. The molecule has 3 rings (SSSR count). The monoisotopic (exact) mass is 277 g/mol. The van der Waals surface area contributed by atoms with Crippen LogP contribution in [0.4, 0.5) is 0 Å². The normalized spacial score (nSPS) is 35.7. The first-order valence-electron chi connectivity index (χ1n) is 7.85. The van der Waals surface area contributed by atoms with Gasteiger partial charge >= 0.3 is 5.97 Å². The zero-order valence-corrected chi connectivity index (χ0v) is 11.8. The fourth-order valence-corrected chi connectivity index (χ4v) is 4.36. The van der Waals surface area contributed by atoms with Crippen molar-refractivity contribution >= 4 is 11.9 Å². The van der Waals surface area contributed by atoms with E-state index in [4.69, 9.17) is 0 Å². The molecule has 2 fully saturated rings. The van der Waals surface area contributed by atoms with E-state index in [2.05, 4.69) is 11.4 Å². The number of carboxylic acid groups (broad SMARTS) is 1. The lowest BCUT2D eigenvalue weighted by molar-refractivity contribution is -0.144. The molecular formula is C16H23NO3. The van der Waals surface area contributed by atoms with Crippen molar-refractivity contribution in [3.05, 3.63) is 11.6 Å². The number of allylic oxidation sites excluding steroid dienone is 1. The number of carbonyl (C=O) groups is 2. The van der Waals surface area contributed by atoms with E-state index in [0.29, 0.717) is 12.3 Å². The van der Waals surface area contributed by atoms with Gasteiger partial charge in [0.25, 0.3) is 0 Å². The predicted octanol–water partition coefficient (Wildman–Crippen LogP) is 2.49. The summed E-state index contributed by atoms with van der Waals surface area (Å²) in [5.74, 6) is -0.429. The number of hydrogen-bond donors (Lipinski definition) is 2. The van der Waals surface area contributed by atoms with Crippen LogP contribution >= 0.6 is 0 Å². The quantitative estimate of drug-likeness (QED) is 0.776. The maximum absolute atomic E-state index is 12.2. The van der Waals surface area contributed by atoms with Gasteiger partial charge in [0.1, 0.15) is 0 Å². The molecule has 4 nitrogen and oxygen atoms in total. The third-order valence-corrected chi connectivity index (χ3v) is 5.30. The largest absolute Gasteiger partial charge is 0.481 e. The molecule has 110 valence electrons. The number of amides is 1. The Hall–Kier alpha value is -1.32. The number of rotatable bonds is 4. The number of aliphatic carboxylic acids is 1. The van der Waals surface area contributed by atoms with Gasteiger partial charge in [-0.1, -0.05) is 11.6 Å². The van der Waals surface area contributed by atoms with Crippen LogP contribution in [-0.4, -0.2) is 23.0 Å². The SMILES string of the molecule is O=C(CC1=CCCCC1)NC1C2CCC(C2)C1C(=O)O. The van der Waals surface area contributed by atoms with Crippen LogP contribution in [0.1, 0.15) is 51.4 Å². The van der Waals surface area contributed by atoms with Crippen LogP contribution in [0.2, 0.25) is 0 Å². The number of carboxylic acids is 1. The maximum atomic E-state index is 12.2. The summed E-state index contributed by atoms with van der Waals surface area (Å²) < 4.78 is 0.